The molecule has 0 amide bonds. The Kier molecular flexibility index (Phi) is 4.61. The fourth-order valence-electron chi connectivity index (χ4n) is 1.89. The minimum atomic E-state index is -3.25. The zero-order valence-corrected chi connectivity index (χ0v) is 10.6. The maximum absolute atomic E-state index is 13.6. The molecule has 1 aliphatic heterocycles. The summed E-state index contributed by atoms with van der Waals surface area (Å²) in [6.07, 6.45) is -8.02. The molecule has 4 nitrogen and oxygen atoms in total. The van der Waals surface area contributed by atoms with Gasteiger partial charge in [0.1, 0.15) is 11.7 Å². The molecule has 22 heavy (non-hydrogen) atoms. The SMILES string of the molecule is OC1CC(C(O)C(F)F)N=C(c2c(F)c(F)cc(F)c2F)O1. The van der Waals surface area contributed by atoms with E-state index in [-0.39, 0.29) is 6.07 Å². The van der Waals surface area contributed by atoms with Crippen LogP contribution in [-0.4, -0.2) is 41.0 Å². The molecule has 10 heteroatoms. The van der Waals surface area contributed by atoms with E-state index in [2.05, 4.69) is 9.73 Å². The summed E-state index contributed by atoms with van der Waals surface area (Å²) in [5.41, 5.74) is -1.39. The highest BCUT2D eigenvalue weighted by atomic mass is 19.3. The van der Waals surface area contributed by atoms with Gasteiger partial charge in [-0.3, -0.25) is 0 Å². The third kappa shape index (κ3) is 3.02. The maximum atomic E-state index is 13.6. The lowest BCUT2D eigenvalue weighted by Gasteiger charge is -2.28. The largest absolute Gasteiger partial charge is 0.448 e. The molecular weight excluding hydrogens is 320 g/mol. The molecule has 1 aliphatic rings. The van der Waals surface area contributed by atoms with Crippen molar-refractivity contribution in [1.29, 1.82) is 0 Å². The van der Waals surface area contributed by atoms with Gasteiger partial charge in [0, 0.05) is 12.5 Å². The first-order valence-electron chi connectivity index (χ1n) is 5.94. The first-order chi connectivity index (χ1) is 10.2. The molecule has 1 heterocycles. The van der Waals surface area contributed by atoms with Crippen LogP contribution in [0.25, 0.3) is 0 Å². The fourth-order valence-corrected chi connectivity index (χ4v) is 1.89. The number of ether oxygens (including phenoxy) is 1. The highest BCUT2D eigenvalue weighted by Gasteiger charge is 2.36. The van der Waals surface area contributed by atoms with Crippen LogP contribution in [-0.2, 0) is 4.74 Å². The van der Waals surface area contributed by atoms with Crippen molar-refractivity contribution in [2.45, 2.75) is 31.3 Å². The zero-order chi connectivity index (χ0) is 16.6. The Balaban J connectivity index is 2.51. The third-order valence-electron chi connectivity index (χ3n) is 2.95. The van der Waals surface area contributed by atoms with Gasteiger partial charge in [-0.05, 0) is 0 Å². The van der Waals surface area contributed by atoms with E-state index in [1.54, 1.807) is 0 Å². The van der Waals surface area contributed by atoms with Crippen LogP contribution >= 0.6 is 0 Å². The third-order valence-corrected chi connectivity index (χ3v) is 2.95. The molecule has 3 atom stereocenters. The summed E-state index contributed by atoms with van der Waals surface area (Å²) < 4.78 is 82.9. The predicted octanol–water partition coefficient (Wildman–Crippen LogP) is 1.72. The average molecular weight is 329 g/mol. The molecule has 0 radical (unpaired) electrons. The van der Waals surface area contributed by atoms with E-state index in [0.717, 1.165) is 0 Å². The zero-order valence-electron chi connectivity index (χ0n) is 10.6. The molecule has 0 aromatic heterocycles. The van der Waals surface area contributed by atoms with Crippen molar-refractivity contribution in [2.75, 3.05) is 0 Å². The van der Waals surface area contributed by atoms with E-state index in [9.17, 15) is 36.6 Å². The van der Waals surface area contributed by atoms with E-state index in [1.807, 2.05) is 0 Å². The molecular formula is C12H9F6NO3. The standard InChI is InChI=1S/C12H9F6NO3/c13-3-1-4(14)9(16)7(8(3)15)12-19-5(2-6(20)22-12)10(21)11(17)18/h1,5-6,10-11,20-21H,2H2. The lowest BCUT2D eigenvalue weighted by molar-refractivity contribution is -0.0792. The van der Waals surface area contributed by atoms with Crippen LogP contribution in [0.3, 0.4) is 0 Å². The Morgan fingerprint density at radius 2 is 1.68 bits per heavy atom. The minimum absolute atomic E-state index is 0.0561. The fraction of sp³-hybridized carbons (Fsp3) is 0.417. The topological polar surface area (TPSA) is 62.0 Å². The van der Waals surface area contributed by atoms with Gasteiger partial charge in [-0.15, -0.1) is 0 Å². The number of alkyl halides is 2. The quantitative estimate of drug-likeness (QED) is 0.656. The summed E-state index contributed by atoms with van der Waals surface area (Å²) in [4.78, 5) is 3.32. The number of aliphatic imine (C=N–C) groups is 1. The van der Waals surface area contributed by atoms with Gasteiger partial charge >= 0.3 is 0 Å². The molecule has 0 saturated carbocycles. The van der Waals surface area contributed by atoms with Crippen molar-refractivity contribution in [1.82, 2.24) is 0 Å². The van der Waals surface area contributed by atoms with Crippen LogP contribution in [0.4, 0.5) is 26.3 Å². The van der Waals surface area contributed by atoms with Crippen LogP contribution in [0, 0.1) is 23.3 Å². The first-order valence-corrected chi connectivity index (χ1v) is 5.94. The Labute approximate surface area is 119 Å². The first kappa shape index (κ1) is 16.6. The summed E-state index contributed by atoms with van der Waals surface area (Å²) in [5, 5.41) is 18.6. The van der Waals surface area contributed by atoms with Gasteiger partial charge < -0.3 is 14.9 Å². The van der Waals surface area contributed by atoms with Crippen molar-refractivity contribution < 1.29 is 41.3 Å². The van der Waals surface area contributed by atoms with Crippen molar-refractivity contribution in [2.24, 2.45) is 4.99 Å². The van der Waals surface area contributed by atoms with Crippen molar-refractivity contribution >= 4 is 5.90 Å². The highest BCUT2D eigenvalue weighted by Crippen LogP contribution is 2.26. The molecule has 2 rings (SSSR count). The molecule has 0 saturated heterocycles. The molecule has 3 unspecified atom stereocenters. The van der Waals surface area contributed by atoms with Gasteiger partial charge in [-0.2, -0.15) is 0 Å². The van der Waals surface area contributed by atoms with E-state index >= 15 is 0 Å². The van der Waals surface area contributed by atoms with Crippen LogP contribution in [0.5, 0.6) is 0 Å². The number of halogens is 6. The van der Waals surface area contributed by atoms with Gasteiger partial charge in [0.25, 0.3) is 6.43 Å². The van der Waals surface area contributed by atoms with Crippen LogP contribution in [0.15, 0.2) is 11.1 Å². The smallest absolute Gasteiger partial charge is 0.266 e. The molecule has 0 aliphatic carbocycles. The van der Waals surface area contributed by atoms with Crippen molar-refractivity contribution in [3.63, 3.8) is 0 Å². The number of aliphatic hydroxyl groups excluding tert-OH is 2. The maximum Gasteiger partial charge on any atom is 0.266 e. The highest BCUT2D eigenvalue weighted by molar-refractivity contribution is 5.95. The Hall–Kier alpha value is -1.81. The minimum Gasteiger partial charge on any atom is -0.448 e. The van der Waals surface area contributed by atoms with E-state index in [1.165, 1.54) is 0 Å². The molecule has 0 bridgehead atoms. The number of hydrogen-bond acceptors (Lipinski definition) is 4. The summed E-state index contributed by atoms with van der Waals surface area (Å²) >= 11 is 0. The lowest BCUT2D eigenvalue weighted by atomic mass is 10.1. The number of hydrogen-bond donors (Lipinski definition) is 2. The molecule has 1 aromatic carbocycles. The summed E-state index contributed by atoms with van der Waals surface area (Å²) in [6, 6.07) is -1.72. The number of benzene rings is 1. The van der Waals surface area contributed by atoms with Crippen molar-refractivity contribution in [3.05, 3.63) is 34.9 Å². The molecule has 0 spiro atoms. The summed E-state index contributed by atoms with van der Waals surface area (Å²) in [7, 11) is 0. The predicted molar refractivity (Wildman–Crippen MR) is 60.3 cm³/mol. The molecule has 0 fully saturated rings. The molecule has 2 N–H and O–H groups in total. The van der Waals surface area contributed by atoms with E-state index < -0.39 is 66.0 Å². The number of aliphatic hydroxyl groups is 2. The van der Waals surface area contributed by atoms with Crippen LogP contribution < -0.4 is 0 Å². The molecule has 1 aromatic rings. The van der Waals surface area contributed by atoms with Gasteiger partial charge in [0.2, 0.25) is 12.2 Å². The van der Waals surface area contributed by atoms with Crippen LogP contribution in [0.1, 0.15) is 12.0 Å². The lowest BCUT2D eigenvalue weighted by Crippen LogP contribution is -2.40. The van der Waals surface area contributed by atoms with Gasteiger partial charge in [-0.25, -0.2) is 31.3 Å². The average Bonchev–Trinajstić information content (AvgIpc) is 2.44. The second-order valence-electron chi connectivity index (χ2n) is 4.48. The van der Waals surface area contributed by atoms with E-state index in [0.29, 0.717) is 0 Å². The van der Waals surface area contributed by atoms with Crippen molar-refractivity contribution in [3.8, 4) is 0 Å². The Bertz CT molecular complexity index is 583. The summed E-state index contributed by atoms with van der Waals surface area (Å²) in [5.74, 6) is -8.36. The number of nitrogens with zero attached hydrogens (tertiary/aromatic N) is 1. The van der Waals surface area contributed by atoms with Gasteiger partial charge in [-0.1, -0.05) is 0 Å². The molecule has 122 valence electrons. The summed E-state index contributed by atoms with van der Waals surface area (Å²) in [6.45, 7) is 0. The van der Waals surface area contributed by atoms with Crippen LogP contribution in [0.2, 0.25) is 0 Å². The number of rotatable bonds is 3. The van der Waals surface area contributed by atoms with Gasteiger partial charge in [0.15, 0.2) is 23.3 Å². The normalized spacial score (nSPS) is 23.2. The Morgan fingerprint density at radius 3 is 2.18 bits per heavy atom. The Morgan fingerprint density at radius 1 is 1.14 bits per heavy atom. The monoisotopic (exact) mass is 329 g/mol. The second-order valence-corrected chi connectivity index (χ2v) is 4.48. The second kappa shape index (κ2) is 6.13. The van der Waals surface area contributed by atoms with Gasteiger partial charge in [0.05, 0.1) is 6.04 Å². The van der Waals surface area contributed by atoms with E-state index in [4.69, 9.17) is 0 Å².